The highest BCUT2D eigenvalue weighted by Gasteiger charge is 2.34. The maximum Gasteiger partial charge on any atom is 0.262 e. The first kappa shape index (κ1) is 15.1. The number of amides is 1. The Morgan fingerprint density at radius 2 is 1.80 bits per heavy atom. The van der Waals surface area contributed by atoms with Crippen molar-refractivity contribution in [1.82, 2.24) is 5.01 Å². The summed E-state index contributed by atoms with van der Waals surface area (Å²) in [5.74, 6) is 0.247. The largest absolute Gasteiger partial charge is 0.409 e. The van der Waals surface area contributed by atoms with Crippen LogP contribution < -0.4 is 4.90 Å². The molecule has 7 heteroatoms. The van der Waals surface area contributed by atoms with Crippen molar-refractivity contribution in [3.05, 3.63) is 65.7 Å². The minimum atomic E-state index is -0.154. The second kappa shape index (κ2) is 5.86. The molecule has 2 aromatic rings. The highest BCUT2D eigenvalue weighted by atomic mass is 16.4. The second-order valence-electron chi connectivity index (χ2n) is 5.69. The highest BCUT2D eigenvalue weighted by molar-refractivity contribution is 6.50. The summed E-state index contributed by atoms with van der Waals surface area (Å²) < 4.78 is 0. The van der Waals surface area contributed by atoms with Crippen LogP contribution in [0, 0.1) is 0 Å². The molecule has 0 unspecified atom stereocenters. The van der Waals surface area contributed by atoms with Gasteiger partial charge in [-0.15, -0.1) is 5.10 Å². The van der Waals surface area contributed by atoms with Crippen LogP contribution in [0.2, 0.25) is 0 Å². The molecule has 0 saturated heterocycles. The summed E-state index contributed by atoms with van der Waals surface area (Å²) in [4.78, 5) is 18.4. The molecule has 0 radical (unpaired) electrons. The van der Waals surface area contributed by atoms with E-state index in [1.807, 2.05) is 54.6 Å². The van der Waals surface area contributed by atoms with E-state index in [1.165, 1.54) is 5.01 Å². The number of nitrogens with zero attached hydrogens (tertiary/aromatic N) is 5. The molecule has 2 heterocycles. The van der Waals surface area contributed by atoms with E-state index in [0.29, 0.717) is 11.5 Å². The molecule has 0 atom stereocenters. The predicted octanol–water partition coefficient (Wildman–Crippen LogP) is 1.92. The molecule has 4 rings (SSSR count). The summed E-state index contributed by atoms with van der Waals surface area (Å²) in [5.41, 5.74) is 3.19. The third-order valence-corrected chi connectivity index (χ3v) is 4.16. The van der Waals surface area contributed by atoms with Gasteiger partial charge in [0.1, 0.15) is 6.54 Å². The molecule has 0 bridgehead atoms. The Hall–Kier alpha value is -3.48. The normalized spacial score (nSPS) is 18.3. The third-order valence-electron chi connectivity index (χ3n) is 4.16. The van der Waals surface area contributed by atoms with Gasteiger partial charge in [0.25, 0.3) is 5.91 Å². The second-order valence-corrected chi connectivity index (χ2v) is 5.69. The van der Waals surface area contributed by atoms with E-state index in [9.17, 15) is 10.0 Å². The van der Waals surface area contributed by atoms with Crippen LogP contribution in [0.25, 0.3) is 0 Å². The van der Waals surface area contributed by atoms with Gasteiger partial charge in [0.05, 0.1) is 11.4 Å². The topological polar surface area (TPSA) is 80.9 Å². The lowest BCUT2D eigenvalue weighted by atomic mass is 10.0. The van der Waals surface area contributed by atoms with Crippen molar-refractivity contribution < 1.29 is 10.0 Å². The smallest absolute Gasteiger partial charge is 0.262 e. The lowest BCUT2D eigenvalue weighted by Crippen LogP contribution is -2.48. The number of amidine groups is 2. The average Bonchev–Trinajstić information content (AvgIpc) is 2.78. The molecule has 0 fully saturated rings. The number of hydrazone groups is 1. The number of rotatable bonds is 1. The molecule has 0 spiro atoms. The highest BCUT2D eigenvalue weighted by Crippen LogP contribution is 2.29. The Kier molecular flexibility index (Phi) is 3.53. The summed E-state index contributed by atoms with van der Waals surface area (Å²) in [6.45, 7) is 0.100. The Morgan fingerprint density at radius 1 is 1.08 bits per heavy atom. The van der Waals surface area contributed by atoms with Gasteiger partial charge in [0.15, 0.2) is 0 Å². The van der Waals surface area contributed by atoms with Crippen molar-refractivity contribution in [2.24, 2.45) is 15.2 Å². The minimum Gasteiger partial charge on any atom is -0.409 e. The van der Waals surface area contributed by atoms with Gasteiger partial charge in [0, 0.05) is 18.2 Å². The molecule has 124 valence electrons. The Balaban J connectivity index is 2.00. The fourth-order valence-corrected chi connectivity index (χ4v) is 2.94. The number of hydrogen-bond acceptors (Lipinski definition) is 5. The molecule has 2 aliphatic heterocycles. The van der Waals surface area contributed by atoms with Crippen LogP contribution in [0.15, 0.2) is 69.8 Å². The van der Waals surface area contributed by atoms with Crippen LogP contribution in [0.5, 0.6) is 0 Å². The molecular weight excluding hydrogens is 318 g/mol. The zero-order chi connectivity index (χ0) is 17.4. The SMILES string of the molecule is CN1N=C2C(=NO)N=C(c3ccccc3)c3ccccc3N2CC1=O. The van der Waals surface area contributed by atoms with Gasteiger partial charge in [-0.25, -0.2) is 10.0 Å². The van der Waals surface area contributed by atoms with Crippen molar-refractivity contribution in [2.75, 3.05) is 18.5 Å². The monoisotopic (exact) mass is 333 g/mol. The summed E-state index contributed by atoms with van der Waals surface area (Å²) in [6, 6.07) is 17.3. The number of fused-ring (bicyclic) bond motifs is 3. The van der Waals surface area contributed by atoms with Crippen molar-refractivity contribution >= 4 is 29.0 Å². The number of carbonyl (C=O) groups is 1. The first-order valence-electron chi connectivity index (χ1n) is 7.77. The van der Waals surface area contributed by atoms with E-state index in [4.69, 9.17) is 0 Å². The van der Waals surface area contributed by atoms with Crippen molar-refractivity contribution in [3.63, 3.8) is 0 Å². The quantitative estimate of drug-likeness (QED) is 0.639. The van der Waals surface area contributed by atoms with Crippen LogP contribution in [0.1, 0.15) is 11.1 Å². The fourth-order valence-electron chi connectivity index (χ4n) is 2.94. The van der Waals surface area contributed by atoms with Crippen molar-refractivity contribution in [3.8, 4) is 0 Å². The Labute approximate surface area is 144 Å². The maximum atomic E-state index is 12.2. The van der Waals surface area contributed by atoms with Crippen LogP contribution >= 0.6 is 0 Å². The van der Waals surface area contributed by atoms with Gasteiger partial charge in [-0.05, 0) is 6.07 Å². The molecular formula is C18H15N5O2. The molecule has 0 saturated carbocycles. The van der Waals surface area contributed by atoms with Crippen LogP contribution in [0.3, 0.4) is 0 Å². The molecule has 1 amide bonds. The molecule has 2 aromatic carbocycles. The van der Waals surface area contributed by atoms with Gasteiger partial charge >= 0.3 is 0 Å². The van der Waals surface area contributed by atoms with Crippen LogP contribution in [-0.4, -0.2) is 47.1 Å². The van der Waals surface area contributed by atoms with E-state index in [-0.39, 0.29) is 18.3 Å². The molecule has 0 aromatic heterocycles. The summed E-state index contributed by atoms with van der Waals surface area (Å²) in [5, 5.41) is 18.3. The standard InChI is InChI=1S/C18H15N5O2/c1-22-15(24)11-23-14-10-6-5-9-13(14)16(12-7-3-2-4-8-12)19-17(21-25)18(23)20-22/h2-10,25H,11H2,1H3. The number of oxime groups is 1. The van der Waals surface area contributed by atoms with Gasteiger partial charge < -0.3 is 10.1 Å². The molecule has 1 N–H and O–H groups in total. The van der Waals surface area contributed by atoms with Gasteiger partial charge in [0.2, 0.25) is 11.7 Å². The zero-order valence-corrected chi connectivity index (χ0v) is 13.5. The molecule has 25 heavy (non-hydrogen) atoms. The number of para-hydroxylation sites is 1. The maximum absolute atomic E-state index is 12.2. The lowest BCUT2D eigenvalue weighted by Gasteiger charge is -2.30. The number of anilines is 1. The first-order valence-corrected chi connectivity index (χ1v) is 7.77. The van der Waals surface area contributed by atoms with Crippen LogP contribution in [0.4, 0.5) is 5.69 Å². The number of carbonyl (C=O) groups excluding carboxylic acids is 1. The summed E-state index contributed by atoms with van der Waals surface area (Å²) in [7, 11) is 1.57. The van der Waals surface area contributed by atoms with Gasteiger partial charge in [-0.2, -0.15) is 0 Å². The summed E-state index contributed by atoms with van der Waals surface area (Å²) in [6.07, 6.45) is 0. The molecule has 2 aliphatic rings. The number of aliphatic imine (C=N–C) groups is 1. The van der Waals surface area contributed by atoms with E-state index >= 15 is 0 Å². The van der Waals surface area contributed by atoms with Crippen molar-refractivity contribution in [2.45, 2.75) is 0 Å². The van der Waals surface area contributed by atoms with Crippen molar-refractivity contribution in [1.29, 1.82) is 0 Å². The fraction of sp³-hybridized carbons (Fsp3) is 0.111. The minimum absolute atomic E-state index is 0.0643. The van der Waals surface area contributed by atoms with Gasteiger partial charge in [-0.3, -0.25) is 4.79 Å². The van der Waals surface area contributed by atoms with E-state index in [0.717, 1.165) is 16.8 Å². The van der Waals surface area contributed by atoms with E-state index in [1.54, 1.807) is 11.9 Å². The van der Waals surface area contributed by atoms with Gasteiger partial charge in [-0.1, -0.05) is 53.7 Å². The van der Waals surface area contributed by atoms with E-state index in [2.05, 4.69) is 15.2 Å². The summed E-state index contributed by atoms with van der Waals surface area (Å²) >= 11 is 0. The Bertz CT molecular complexity index is 933. The first-order chi connectivity index (χ1) is 12.2. The average molecular weight is 333 g/mol. The third kappa shape index (κ3) is 2.46. The molecule has 7 nitrogen and oxygen atoms in total. The zero-order valence-electron chi connectivity index (χ0n) is 13.5. The van der Waals surface area contributed by atoms with Crippen LogP contribution in [-0.2, 0) is 4.79 Å². The number of likely N-dealkylation sites (N-methyl/N-ethyl adjacent to an activating group) is 1. The lowest BCUT2D eigenvalue weighted by molar-refractivity contribution is -0.128. The number of benzene rings is 2. The van der Waals surface area contributed by atoms with E-state index < -0.39 is 0 Å². The number of hydrogen-bond donors (Lipinski definition) is 1. The predicted molar refractivity (Wildman–Crippen MR) is 95.3 cm³/mol. The Morgan fingerprint density at radius 3 is 2.56 bits per heavy atom. The molecule has 0 aliphatic carbocycles.